The molecule has 0 spiro atoms. The number of hydrogen-bond donors (Lipinski definition) is 2. The minimum absolute atomic E-state index is 0.498. The lowest BCUT2D eigenvalue weighted by Crippen LogP contribution is -2.11. The average Bonchev–Trinajstić information content (AvgIpc) is 2.53. The van der Waals surface area contributed by atoms with Gasteiger partial charge in [-0.15, -0.1) is 0 Å². The molecule has 3 aromatic rings. The van der Waals surface area contributed by atoms with Gasteiger partial charge in [-0.05, 0) is 28.5 Å². The van der Waals surface area contributed by atoms with Gasteiger partial charge in [0.15, 0.2) is 0 Å². The number of hydrogen-bond acceptors (Lipinski definition) is 2. The van der Waals surface area contributed by atoms with Crippen LogP contribution in [0, 0.1) is 0 Å². The van der Waals surface area contributed by atoms with Gasteiger partial charge < -0.3 is 10.4 Å². The monoisotopic (exact) mass is 263 g/mol. The fourth-order valence-electron chi connectivity index (χ4n) is 2.31. The molecule has 2 heteroatoms. The Morgan fingerprint density at radius 2 is 1.50 bits per heavy atom. The van der Waals surface area contributed by atoms with E-state index >= 15 is 0 Å². The van der Waals surface area contributed by atoms with Gasteiger partial charge in [0.05, 0.1) is 6.10 Å². The van der Waals surface area contributed by atoms with Crippen LogP contribution < -0.4 is 5.32 Å². The molecule has 0 saturated carbocycles. The number of rotatable bonds is 4. The quantitative estimate of drug-likeness (QED) is 0.746. The van der Waals surface area contributed by atoms with Crippen LogP contribution >= 0.6 is 0 Å². The van der Waals surface area contributed by atoms with Crippen LogP contribution in [0.3, 0.4) is 0 Å². The third-order valence-corrected chi connectivity index (χ3v) is 3.43. The molecule has 3 rings (SSSR count). The van der Waals surface area contributed by atoms with Gasteiger partial charge in [-0.3, -0.25) is 0 Å². The second-order valence-corrected chi connectivity index (χ2v) is 4.87. The Hall–Kier alpha value is -2.32. The summed E-state index contributed by atoms with van der Waals surface area (Å²) < 4.78 is 0. The van der Waals surface area contributed by atoms with Crippen LogP contribution in [0.25, 0.3) is 10.8 Å². The molecule has 0 heterocycles. The van der Waals surface area contributed by atoms with Crippen molar-refractivity contribution in [2.45, 2.75) is 6.10 Å². The molecule has 20 heavy (non-hydrogen) atoms. The number of fused-ring (bicyclic) bond motifs is 1. The highest BCUT2D eigenvalue weighted by Gasteiger charge is 2.06. The Morgan fingerprint density at radius 3 is 2.30 bits per heavy atom. The molecule has 2 N–H and O–H groups in total. The van der Waals surface area contributed by atoms with E-state index in [1.807, 2.05) is 48.5 Å². The fourth-order valence-corrected chi connectivity index (χ4v) is 2.31. The Balaban J connectivity index is 1.70. The largest absolute Gasteiger partial charge is 0.387 e. The molecule has 3 aromatic carbocycles. The smallest absolute Gasteiger partial charge is 0.0962 e. The van der Waals surface area contributed by atoms with Crippen molar-refractivity contribution in [3.63, 3.8) is 0 Å². The predicted molar refractivity (Wildman–Crippen MR) is 83.8 cm³/mol. The molecule has 0 aliphatic rings. The normalized spacial score (nSPS) is 12.2. The van der Waals surface area contributed by atoms with Crippen LogP contribution in [0.1, 0.15) is 11.7 Å². The predicted octanol–water partition coefficient (Wildman–Crippen LogP) is 3.99. The van der Waals surface area contributed by atoms with Gasteiger partial charge in [-0.2, -0.15) is 0 Å². The van der Waals surface area contributed by atoms with Crippen LogP contribution in [0.4, 0.5) is 5.69 Å². The lowest BCUT2D eigenvalue weighted by Gasteiger charge is -2.13. The molecule has 0 aliphatic carbocycles. The molecule has 0 saturated heterocycles. The van der Waals surface area contributed by atoms with Crippen molar-refractivity contribution in [1.29, 1.82) is 0 Å². The van der Waals surface area contributed by atoms with E-state index in [4.69, 9.17) is 0 Å². The summed E-state index contributed by atoms with van der Waals surface area (Å²) in [6.45, 7) is 0.502. The van der Waals surface area contributed by atoms with Gasteiger partial charge in [0.1, 0.15) is 0 Å². The van der Waals surface area contributed by atoms with E-state index in [0.717, 1.165) is 11.3 Å². The summed E-state index contributed by atoms with van der Waals surface area (Å²) in [5.74, 6) is 0. The number of aliphatic hydroxyl groups excluding tert-OH is 1. The van der Waals surface area contributed by atoms with Crippen molar-refractivity contribution in [2.75, 3.05) is 11.9 Å². The van der Waals surface area contributed by atoms with Crippen molar-refractivity contribution in [2.24, 2.45) is 0 Å². The van der Waals surface area contributed by atoms with Crippen molar-refractivity contribution < 1.29 is 5.11 Å². The molecular weight excluding hydrogens is 246 g/mol. The fraction of sp³-hybridized carbons (Fsp3) is 0.111. The number of aliphatic hydroxyl groups is 1. The van der Waals surface area contributed by atoms with E-state index in [0.29, 0.717) is 6.54 Å². The molecule has 0 aliphatic heterocycles. The van der Waals surface area contributed by atoms with Crippen molar-refractivity contribution in [1.82, 2.24) is 0 Å². The molecule has 0 unspecified atom stereocenters. The summed E-state index contributed by atoms with van der Waals surface area (Å²) in [6.07, 6.45) is -0.498. The Morgan fingerprint density at radius 1 is 0.800 bits per heavy atom. The van der Waals surface area contributed by atoms with E-state index in [2.05, 4.69) is 29.6 Å². The van der Waals surface area contributed by atoms with Crippen LogP contribution in [0.5, 0.6) is 0 Å². The van der Waals surface area contributed by atoms with Crippen molar-refractivity contribution >= 4 is 16.5 Å². The lowest BCUT2D eigenvalue weighted by molar-refractivity contribution is 0.191. The van der Waals surface area contributed by atoms with Gasteiger partial charge >= 0.3 is 0 Å². The van der Waals surface area contributed by atoms with Crippen molar-refractivity contribution in [3.05, 3.63) is 78.4 Å². The first-order valence-electron chi connectivity index (χ1n) is 6.78. The summed E-state index contributed by atoms with van der Waals surface area (Å²) in [4.78, 5) is 0. The molecule has 0 aromatic heterocycles. The summed E-state index contributed by atoms with van der Waals surface area (Å²) in [6, 6.07) is 24.2. The third kappa shape index (κ3) is 2.81. The standard InChI is InChI=1S/C18H17NO/c20-18(15-7-2-1-3-8-15)13-19-17-11-10-14-6-4-5-9-16(14)12-17/h1-12,18-20H,13H2/t18-/m0/s1. The van der Waals surface area contributed by atoms with E-state index in [9.17, 15) is 5.11 Å². The van der Waals surface area contributed by atoms with Crippen LogP contribution in [-0.4, -0.2) is 11.7 Å². The number of nitrogens with one attached hydrogen (secondary N) is 1. The zero-order valence-electron chi connectivity index (χ0n) is 11.2. The summed E-state index contributed by atoms with van der Waals surface area (Å²) >= 11 is 0. The first-order chi connectivity index (χ1) is 9.83. The van der Waals surface area contributed by atoms with E-state index in [-0.39, 0.29) is 0 Å². The van der Waals surface area contributed by atoms with E-state index in [1.54, 1.807) is 0 Å². The maximum atomic E-state index is 10.1. The Bertz CT molecular complexity index is 694. The molecule has 100 valence electrons. The number of anilines is 1. The van der Waals surface area contributed by atoms with Crippen molar-refractivity contribution in [3.8, 4) is 0 Å². The van der Waals surface area contributed by atoms with Gasteiger partial charge in [-0.25, -0.2) is 0 Å². The Labute approximate surface area is 118 Å². The average molecular weight is 263 g/mol. The molecule has 0 amide bonds. The van der Waals surface area contributed by atoms with Crippen LogP contribution in [-0.2, 0) is 0 Å². The zero-order chi connectivity index (χ0) is 13.8. The summed E-state index contributed by atoms with van der Waals surface area (Å²) in [5, 5.41) is 15.8. The first-order valence-corrected chi connectivity index (χ1v) is 6.78. The van der Waals surface area contributed by atoms with Gasteiger partial charge in [0.25, 0.3) is 0 Å². The maximum Gasteiger partial charge on any atom is 0.0962 e. The van der Waals surface area contributed by atoms with Gasteiger partial charge in [0.2, 0.25) is 0 Å². The lowest BCUT2D eigenvalue weighted by atomic mass is 10.1. The zero-order valence-corrected chi connectivity index (χ0v) is 11.2. The SMILES string of the molecule is O[C@@H](CNc1ccc2ccccc2c1)c1ccccc1. The second-order valence-electron chi connectivity index (χ2n) is 4.87. The summed E-state index contributed by atoms with van der Waals surface area (Å²) in [7, 11) is 0. The maximum absolute atomic E-state index is 10.1. The molecular formula is C18H17NO. The molecule has 1 atom stereocenters. The highest BCUT2D eigenvalue weighted by Crippen LogP contribution is 2.20. The highest BCUT2D eigenvalue weighted by atomic mass is 16.3. The van der Waals surface area contributed by atoms with Crippen LogP contribution in [0.2, 0.25) is 0 Å². The third-order valence-electron chi connectivity index (χ3n) is 3.43. The molecule has 0 bridgehead atoms. The topological polar surface area (TPSA) is 32.3 Å². The number of benzene rings is 3. The summed E-state index contributed by atoms with van der Waals surface area (Å²) in [5.41, 5.74) is 1.96. The first kappa shape index (κ1) is 12.7. The van der Waals surface area contributed by atoms with E-state index in [1.165, 1.54) is 10.8 Å². The second kappa shape index (κ2) is 5.76. The Kier molecular flexibility index (Phi) is 3.66. The van der Waals surface area contributed by atoms with Crippen LogP contribution in [0.15, 0.2) is 72.8 Å². The molecule has 0 fully saturated rings. The highest BCUT2D eigenvalue weighted by molar-refractivity contribution is 5.85. The van der Waals surface area contributed by atoms with Gasteiger partial charge in [0, 0.05) is 12.2 Å². The van der Waals surface area contributed by atoms with E-state index < -0.39 is 6.10 Å². The minimum Gasteiger partial charge on any atom is -0.387 e. The van der Waals surface area contributed by atoms with Gasteiger partial charge in [-0.1, -0.05) is 60.7 Å². The minimum atomic E-state index is -0.498. The molecule has 0 radical (unpaired) electrons. The molecule has 2 nitrogen and oxygen atoms in total.